The van der Waals surface area contributed by atoms with Gasteiger partial charge in [0.25, 0.3) is 0 Å². The van der Waals surface area contributed by atoms with Gasteiger partial charge < -0.3 is 10.1 Å². The number of hydrogen-bond donors (Lipinski definition) is 1. The summed E-state index contributed by atoms with van der Waals surface area (Å²) in [5.74, 6) is 0.750. The minimum atomic E-state index is 0.254. The first-order chi connectivity index (χ1) is 11.7. The molecule has 0 aliphatic carbocycles. The first-order valence-electron chi connectivity index (χ1n) is 8.18. The van der Waals surface area contributed by atoms with Gasteiger partial charge in [0.15, 0.2) is 0 Å². The van der Waals surface area contributed by atoms with Gasteiger partial charge in [-0.1, -0.05) is 12.1 Å². The van der Waals surface area contributed by atoms with Crippen LogP contribution < -0.4 is 5.32 Å². The molecule has 1 aliphatic rings. The van der Waals surface area contributed by atoms with E-state index in [1.165, 1.54) is 4.88 Å². The molecule has 6 heteroatoms. The van der Waals surface area contributed by atoms with Crippen LogP contribution in [0.5, 0.6) is 0 Å². The SMILES string of the molecule is Cc1ccc(NCC(c2cccs2)N2CCOC(C)C2)nc1C#N. The van der Waals surface area contributed by atoms with E-state index in [1.807, 2.05) is 19.1 Å². The molecule has 0 spiro atoms. The predicted octanol–water partition coefficient (Wildman–Crippen LogP) is 3.20. The maximum atomic E-state index is 9.14. The Bertz CT molecular complexity index is 710. The smallest absolute Gasteiger partial charge is 0.145 e. The van der Waals surface area contributed by atoms with E-state index in [-0.39, 0.29) is 12.1 Å². The lowest BCUT2D eigenvalue weighted by atomic mass is 10.1. The monoisotopic (exact) mass is 342 g/mol. The van der Waals surface area contributed by atoms with E-state index in [0.29, 0.717) is 5.69 Å². The van der Waals surface area contributed by atoms with E-state index in [0.717, 1.165) is 37.6 Å². The van der Waals surface area contributed by atoms with Crippen LogP contribution in [-0.2, 0) is 4.74 Å². The van der Waals surface area contributed by atoms with Crippen LogP contribution in [0.3, 0.4) is 0 Å². The maximum Gasteiger partial charge on any atom is 0.145 e. The Balaban J connectivity index is 1.74. The number of nitriles is 1. The fraction of sp³-hybridized carbons (Fsp3) is 0.444. The summed E-state index contributed by atoms with van der Waals surface area (Å²) in [6.45, 7) is 7.40. The van der Waals surface area contributed by atoms with Crippen molar-refractivity contribution in [2.24, 2.45) is 0 Å². The van der Waals surface area contributed by atoms with Crippen molar-refractivity contribution in [2.45, 2.75) is 26.0 Å². The molecule has 3 rings (SSSR count). The van der Waals surface area contributed by atoms with Gasteiger partial charge in [0.2, 0.25) is 0 Å². The number of anilines is 1. The molecule has 2 aromatic rings. The van der Waals surface area contributed by atoms with Crippen LogP contribution in [-0.4, -0.2) is 42.2 Å². The van der Waals surface area contributed by atoms with Crippen molar-refractivity contribution in [1.82, 2.24) is 9.88 Å². The average Bonchev–Trinajstić information content (AvgIpc) is 3.11. The lowest BCUT2D eigenvalue weighted by Crippen LogP contribution is -2.44. The van der Waals surface area contributed by atoms with Gasteiger partial charge in [0, 0.05) is 24.5 Å². The van der Waals surface area contributed by atoms with Crippen LogP contribution in [0, 0.1) is 18.3 Å². The summed E-state index contributed by atoms with van der Waals surface area (Å²) < 4.78 is 5.67. The first kappa shape index (κ1) is 16.9. The minimum Gasteiger partial charge on any atom is -0.376 e. The number of rotatable bonds is 5. The van der Waals surface area contributed by atoms with E-state index in [2.05, 4.69) is 45.7 Å². The van der Waals surface area contributed by atoms with Crippen molar-refractivity contribution in [3.8, 4) is 6.07 Å². The Kier molecular flexibility index (Phi) is 5.46. The van der Waals surface area contributed by atoms with Gasteiger partial charge in [-0.2, -0.15) is 5.26 Å². The molecule has 126 valence electrons. The summed E-state index contributed by atoms with van der Waals surface area (Å²) in [6, 6.07) is 10.6. The Hall–Kier alpha value is -1.94. The summed E-state index contributed by atoms with van der Waals surface area (Å²) in [5.41, 5.74) is 1.38. The number of morpholine rings is 1. The van der Waals surface area contributed by atoms with Crippen LogP contribution in [0.2, 0.25) is 0 Å². The summed E-state index contributed by atoms with van der Waals surface area (Å²) in [4.78, 5) is 8.19. The highest BCUT2D eigenvalue weighted by atomic mass is 32.1. The molecule has 1 aliphatic heterocycles. The number of nitrogens with zero attached hydrogens (tertiary/aromatic N) is 3. The largest absolute Gasteiger partial charge is 0.376 e. The van der Waals surface area contributed by atoms with Gasteiger partial charge in [-0.25, -0.2) is 4.98 Å². The molecule has 5 nitrogen and oxygen atoms in total. The quantitative estimate of drug-likeness (QED) is 0.904. The third-order valence-electron chi connectivity index (χ3n) is 4.26. The highest BCUT2D eigenvalue weighted by Gasteiger charge is 2.26. The molecule has 0 saturated carbocycles. The van der Waals surface area contributed by atoms with E-state index in [9.17, 15) is 0 Å². The molecular formula is C18H22N4OS. The lowest BCUT2D eigenvalue weighted by molar-refractivity contribution is -0.0322. The zero-order chi connectivity index (χ0) is 16.9. The lowest BCUT2D eigenvalue weighted by Gasteiger charge is -2.37. The van der Waals surface area contributed by atoms with Crippen molar-refractivity contribution in [1.29, 1.82) is 5.26 Å². The number of hydrogen-bond acceptors (Lipinski definition) is 6. The van der Waals surface area contributed by atoms with Crippen molar-refractivity contribution < 1.29 is 4.74 Å². The number of nitrogens with one attached hydrogen (secondary N) is 1. The Morgan fingerprint density at radius 2 is 2.38 bits per heavy atom. The summed E-state index contributed by atoms with van der Waals surface area (Å²) in [7, 11) is 0. The van der Waals surface area contributed by atoms with Crippen LogP contribution in [0.15, 0.2) is 29.6 Å². The van der Waals surface area contributed by atoms with Gasteiger partial charge in [0.1, 0.15) is 17.6 Å². The molecule has 0 amide bonds. The number of ether oxygens (including phenoxy) is 1. The first-order valence-corrected chi connectivity index (χ1v) is 9.06. The third kappa shape index (κ3) is 3.93. The second-order valence-electron chi connectivity index (χ2n) is 6.06. The van der Waals surface area contributed by atoms with Crippen molar-refractivity contribution in [2.75, 3.05) is 31.6 Å². The summed E-state index contributed by atoms with van der Waals surface area (Å²) >= 11 is 1.78. The van der Waals surface area contributed by atoms with E-state index in [1.54, 1.807) is 11.3 Å². The number of aromatic nitrogens is 1. The Morgan fingerprint density at radius 1 is 1.50 bits per heavy atom. The fourth-order valence-corrected chi connectivity index (χ4v) is 3.82. The van der Waals surface area contributed by atoms with Gasteiger partial charge in [-0.15, -0.1) is 11.3 Å². The molecule has 2 aromatic heterocycles. The van der Waals surface area contributed by atoms with Crippen molar-refractivity contribution in [3.05, 3.63) is 45.8 Å². The average molecular weight is 342 g/mol. The number of aryl methyl sites for hydroxylation is 1. The van der Waals surface area contributed by atoms with Gasteiger partial charge in [-0.3, -0.25) is 4.90 Å². The molecular weight excluding hydrogens is 320 g/mol. The summed E-state index contributed by atoms with van der Waals surface area (Å²) in [5, 5.41) is 14.7. The zero-order valence-corrected chi connectivity index (χ0v) is 14.8. The Morgan fingerprint density at radius 3 is 3.08 bits per heavy atom. The number of thiophene rings is 1. The van der Waals surface area contributed by atoms with Crippen LogP contribution in [0.4, 0.5) is 5.82 Å². The topological polar surface area (TPSA) is 61.2 Å². The molecule has 1 fully saturated rings. The molecule has 0 bridgehead atoms. The van der Waals surface area contributed by atoms with Crippen molar-refractivity contribution >= 4 is 17.2 Å². The molecule has 2 atom stereocenters. The normalized spacial score (nSPS) is 19.6. The molecule has 2 unspecified atom stereocenters. The molecule has 1 N–H and O–H groups in total. The van der Waals surface area contributed by atoms with Crippen LogP contribution in [0.1, 0.15) is 29.1 Å². The van der Waals surface area contributed by atoms with Gasteiger partial charge >= 0.3 is 0 Å². The Labute approximate surface area is 146 Å². The highest BCUT2D eigenvalue weighted by Crippen LogP contribution is 2.27. The van der Waals surface area contributed by atoms with Crippen LogP contribution >= 0.6 is 11.3 Å². The molecule has 0 radical (unpaired) electrons. The van der Waals surface area contributed by atoms with Crippen LogP contribution in [0.25, 0.3) is 0 Å². The molecule has 3 heterocycles. The molecule has 0 aromatic carbocycles. The minimum absolute atomic E-state index is 0.254. The molecule has 1 saturated heterocycles. The summed E-state index contributed by atoms with van der Waals surface area (Å²) in [6.07, 6.45) is 0.254. The van der Waals surface area contributed by atoms with E-state index >= 15 is 0 Å². The third-order valence-corrected chi connectivity index (χ3v) is 5.24. The van der Waals surface area contributed by atoms with Crippen molar-refractivity contribution in [3.63, 3.8) is 0 Å². The molecule has 24 heavy (non-hydrogen) atoms. The van der Waals surface area contributed by atoms with E-state index < -0.39 is 0 Å². The second-order valence-corrected chi connectivity index (χ2v) is 7.04. The van der Waals surface area contributed by atoms with Gasteiger partial charge in [0.05, 0.1) is 18.8 Å². The number of pyridine rings is 1. The van der Waals surface area contributed by atoms with E-state index in [4.69, 9.17) is 10.00 Å². The predicted molar refractivity (Wildman–Crippen MR) is 96.2 cm³/mol. The standard InChI is InChI=1S/C18H22N4OS/c1-13-5-6-18(21-15(13)10-19)20-11-16(17-4-3-9-24-17)22-7-8-23-14(2)12-22/h3-6,9,14,16H,7-8,11-12H2,1-2H3,(H,20,21). The second kappa shape index (κ2) is 7.75. The fourth-order valence-electron chi connectivity index (χ4n) is 2.96. The maximum absolute atomic E-state index is 9.14. The zero-order valence-electron chi connectivity index (χ0n) is 14.0. The highest BCUT2D eigenvalue weighted by molar-refractivity contribution is 7.10. The van der Waals surface area contributed by atoms with Gasteiger partial charge in [-0.05, 0) is 36.9 Å².